The van der Waals surface area contributed by atoms with E-state index >= 15 is 0 Å². The highest BCUT2D eigenvalue weighted by Crippen LogP contribution is 2.27. The van der Waals surface area contributed by atoms with Gasteiger partial charge in [0.1, 0.15) is 5.75 Å². The fraction of sp³-hybridized carbons (Fsp3) is 0.500. The van der Waals surface area contributed by atoms with Gasteiger partial charge < -0.3 is 19.5 Å². The topological polar surface area (TPSA) is 76.5 Å². The molecule has 7 heteroatoms. The Morgan fingerprint density at radius 1 is 1.07 bits per heavy atom. The first kappa shape index (κ1) is 19.5. The van der Waals surface area contributed by atoms with Gasteiger partial charge in [-0.3, -0.25) is 9.59 Å². The Labute approximate surface area is 171 Å². The summed E-state index contributed by atoms with van der Waals surface area (Å²) >= 11 is 0. The third kappa shape index (κ3) is 3.99. The van der Waals surface area contributed by atoms with Crippen LogP contribution in [0.5, 0.6) is 5.75 Å². The lowest BCUT2D eigenvalue weighted by atomic mass is 10.1. The molecule has 1 fully saturated rings. The van der Waals surface area contributed by atoms with Crippen LogP contribution in [0.15, 0.2) is 24.3 Å². The number of nitrogens with zero attached hydrogens (tertiary/aromatic N) is 3. The Bertz CT molecular complexity index is 899. The monoisotopic (exact) mass is 396 g/mol. The molecule has 0 atom stereocenters. The number of piperidine rings is 1. The average Bonchev–Trinajstić information content (AvgIpc) is 3.15. The molecule has 0 saturated carbocycles. The van der Waals surface area contributed by atoms with Crippen molar-refractivity contribution in [2.75, 3.05) is 25.0 Å². The van der Waals surface area contributed by atoms with Crippen molar-refractivity contribution in [2.24, 2.45) is 0 Å². The van der Waals surface area contributed by atoms with Crippen molar-refractivity contribution >= 4 is 17.5 Å². The molecule has 2 aliphatic heterocycles. The first-order valence-corrected chi connectivity index (χ1v) is 10.6. The van der Waals surface area contributed by atoms with Gasteiger partial charge in [-0.05, 0) is 57.6 Å². The summed E-state index contributed by atoms with van der Waals surface area (Å²) in [6.07, 6.45) is 5.98. The number of benzene rings is 1. The van der Waals surface area contributed by atoms with Gasteiger partial charge in [0.05, 0.1) is 18.0 Å². The molecular formula is C22H28N4O3. The highest BCUT2D eigenvalue weighted by molar-refractivity contribution is 6.05. The number of carbonyl (C=O) groups is 2. The summed E-state index contributed by atoms with van der Waals surface area (Å²) in [5.74, 6) is 0.688. The number of ether oxygens (including phenoxy) is 1. The molecule has 1 aromatic carbocycles. The van der Waals surface area contributed by atoms with Crippen LogP contribution in [0, 0.1) is 0 Å². The van der Waals surface area contributed by atoms with Crippen molar-refractivity contribution in [3.05, 3.63) is 41.5 Å². The van der Waals surface area contributed by atoms with E-state index in [9.17, 15) is 9.59 Å². The Hall–Kier alpha value is -2.83. The molecule has 0 unspecified atom stereocenters. The summed E-state index contributed by atoms with van der Waals surface area (Å²) in [6.45, 7) is 4.69. The number of carbonyl (C=O) groups excluding carboxylic acids is 2. The van der Waals surface area contributed by atoms with Crippen molar-refractivity contribution in [3.8, 4) is 5.75 Å². The molecule has 4 rings (SSSR count). The number of likely N-dealkylation sites (tertiary alicyclic amines) is 1. The summed E-state index contributed by atoms with van der Waals surface area (Å²) in [6, 6.07) is 7.36. The lowest BCUT2D eigenvalue weighted by Crippen LogP contribution is -2.37. The van der Waals surface area contributed by atoms with Gasteiger partial charge in [-0.2, -0.15) is 0 Å². The first-order chi connectivity index (χ1) is 14.2. The molecule has 2 aliphatic rings. The maximum Gasteiger partial charge on any atom is 0.289 e. The molecule has 0 spiro atoms. The summed E-state index contributed by atoms with van der Waals surface area (Å²) in [5.41, 5.74) is 1.83. The first-order valence-electron chi connectivity index (χ1n) is 10.6. The molecule has 154 valence electrons. The van der Waals surface area contributed by atoms with Crippen molar-refractivity contribution < 1.29 is 14.3 Å². The van der Waals surface area contributed by atoms with Crippen molar-refractivity contribution in [3.63, 3.8) is 0 Å². The molecule has 1 saturated heterocycles. The van der Waals surface area contributed by atoms with E-state index in [2.05, 4.69) is 10.3 Å². The van der Waals surface area contributed by atoms with E-state index in [1.807, 2.05) is 40.7 Å². The van der Waals surface area contributed by atoms with Crippen LogP contribution in [-0.4, -0.2) is 46.0 Å². The summed E-state index contributed by atoms with van der Waals surface area (Å²) in [7, 11) is 0. The standard InChI is InChI=1S/C22H28N4O3/c1-2-29-18-12-5-4-10-16(18)23-21(27)19-17-11-6-9-15-26(17)20(24-19)22(28)25-13-7-3-8-14-25/h4-5,10,12H,2-3,6-9,11,13-15H2,1H3,(H,23,27). The van der Waals surface area contributed by atoms with Crippen LogP contribution >= 0.6 is 0 Å². The van der Waals surface area contributed by atoms with Gasteiger partial charge in [0, 0.05) is 19.6 Å². The zero-order chi connectivity index (χ0) is 20.2. The van der Waals surface area contributed by atoms with Crippen molar-refractivity contribution in [1.29, 1.82) is 0 Å². The zero-order valence-electron chi connectivity index (χ0n) is 16.9. The fourth-order valence-corrected chi connectivity index (χ4v) is 4.16. The highest BCUT2D eigenvalue weighted by atomic mass is 16.5. The number of anilines is 1. The molecule has 29 heavy (non-hydrogen) atoms. The Balaban J connectivity index is 1.63. The number of amides is 2. The van der Waals surface area contributed by atoms with Crippen LogP contribution in [0.3, 0.4) is 0 Å². The van der Waals surface area contributed by atoms with E-state index in [0.717, 1.165) is 63.9 Å². The number of aromatic nitrogens is 2. The minimum Gasteiger partial charge on any atom is -0.492 e. The molecule has 7 nitrogen and oxygen atoms in total. The second-order valence-corrected chi connectivity index (χ2v) is 7.58. The summed E-state index contributed by atoms with van der Waals surface area (Å²) < 4.78 is 7.57. The Morgan fingerprint density at radius 2 is 1.83 bits per heavy atom. The molecular weight excluding hydrogens is 368 g/mol. The van der Waals surface area contributed by atoms with Crippen LogP contribution in [0.1, 0.15) is 65.8 Å². The highest BCUT2D eigenvalue weighted by Gasteiger charge is 2.30. The second kappa shape index (κ2) is 8.68. The minimum atomic E-state index is -0.291. The number of fused-ring (bicyclic) bond motifs is 1. The van der Waals surface area contributed by atoms with Gasteiger partial charge in [-0.15, -0.1) is 0 Å². The third-order valence-corrected chi connectivity index (χ3v) is 5.60. The summed E-state index contributed by atoms with van der Waals surface area (Å²) in [4.78, 5) is 32.6. The second-order valence-electron chi connectivity index (χ2n) is 7.58. The van der Waals surface area contributed by atoms with Gasteiger partial charge in [-0.1, -0.05) is 12.1 Å². The van der Waals surface area contributed by atoms with Gasteiger partial charge in [0.15, 0.2) is 11.5 Å². The molecule has 2 amide bonds. The number of imidazole rings is 1. The average molecular weight is 396 g/mol. The van der Waals surface area contributed by atoms with Gasteiger partial charge in [-0.25, -0.2) is 4.98 Å². The fourth-order valence-electron chi connectivity index (χ4n) is 4.16. The SMILES string of the molecule is CCOc1ccccc1NC(=O)c1nc(C(=O)N2CCCCC2)n2c1CCCC2. The normalized spacial score (nSPS) is 16.2. The Kier molecular flexibility index (Phi) is 5.83. The van der Waals surface area contributed by atoms with Crippen LogP contribution in [0.25, 0.3) is 0 Å². The zero-order valence-corrected chi connectivity index (χ0v) is 16.9. The molecule has 0 bridgehead atoms. The van der Waals surface area contributed by atoms with E-state index in [1.54, 1.807) is 0 Å². The number of hydrogen-bond acceptors (Lipinski definition) is 4. The smallest absolute Gasteiger partial charge is 0.289 e. The van der Waals surface area contributed by atoms with E-state index in [1.165, 1.54) is 0 Å². The van der Waals surface area contributed by atoms with Crippen LogP contribution < -0.4 is 10.1 Å². The molecule has 3 heterocycles. The van der Waals surface area contributed by atoms with Gasteiger partial charge in [0.2, 0.25) is 0 Å². The Morgan fingerprint density at radius 3 is 2.62 bits per heavy atom. The maximum absolute atomic E-state index is 13.1. The van der Waals surface area contributed by atoms with E-state index < -0.39 is 0 Å². The molecule has 1 aromatic heterocycles. The molecule has 0 aliphatic carbocycles. The predicted molar refractivity (Wildman–Crippen MR) is 110 cm³/mol. The third-order valence-electron chi connectivity index (χ3n) is 5.60. The van der Waals surface area contributed by atoms with Crippen molar-refractivity contribution in [2.45, 2.75) is 52.0 Å². The van der Waals surface area contributed by atoms with E-state index in [-0.39, 0.29) is 11.8 Å². The lowest BCUT2D eigenvalue weighted by molar-refractivity contribution is 0.0705. The molecule has 0 radical (unpaired) electrons. The number of para-hydroxylation sites is 2. The van der Waals surface area contributed by atoms with Crippen LogP contribution in [0.2, 0.25) is 0 Å². The summed E-state index contributed by atoms with van der Waals surface area (Å²) in [5, 5.41) is 2.93. The largest absolute Gasteiger partial charge is 0.492 e. The van der Waals surface area contributed by atoms with Crippen LogP contribution in [-0.2, 0) is 13.0 Å². The molecule has 1 N–H and O–H groups in total. The minimum absolute atomic E-state index is 0.0541. The van der Waals surface area contributed by atoms with Gasteiger partial charge >= 0.3 is 0 Å². The van der Waals surface area contributed by atoms with E-state index in [4.69, 9.17) is 4.74 Å². The van der Waals surface area contributed by atoms with E-state index in [0.29, 0.717) is 29.6 Å². The quantitative estimate of drug-likeness (QED) is 0.839. The number of nitrogens with one attached hydrogen (secondary N) is 1. The molecule has 2 aromatic rings. The number of rotatable bonds is 5. The predicted octanol–water partition coefficient (Wildman–Crippen LogP) is 3.50. The van der Waals surface area contributed by atoms with Crippen LogP contribution in [0.4, 0.5) is 5.69 Å². The van der Waals surface area contributed by atoms with Gasteiger partial charge in [0.25, 0.3) is 11.8 Å². The number of hydrogen-bond donors (Lipinski definition) is 1. The lowest BCUT2D eigenvalue weighted by Gasteiger charge is -2.27. The van der Waals surface area contributed by atoms with Crippen molar-refractivity contribution in [1.82, 2.24) is 14.5 Å². The maximum atomic E-state index is 13.1.